The van der Waals surface area contributed by atoms with Crippen molar-refractivity contribution in [3.05, 3.63) is 89.5 Å². The molecule has 7 nitrogen and oxygen atoms in total. The maximum absolute atomic E-state index is 12.6. The summed E-state index contributed by atoms with van der Waals surface area (Å²) in [6.07, 6.45) is 0. The van der Waals surface area contributed by atoms with Crippen LogP contribution in [0.3, 0.4) is 0 Å². The quantitative estimate of drug-likeness (QED) is 0.459. The Hall–Kier alpha value is -3.84. The molecule has 0 saturated carbocycles. The number of nitrogens with one attached hydrogen (secondary N) is 2. The maximum atomic E-state index is 12.6. The van der Waals surface area contributed by atoms with Gasteiger partial charge < -0.3 is 14.8 Å². The summed E-state index contributed by atoms with van der Waals surface area (Å²) < 4.78 is 10.6. The predicted molar refractivity (Wildman–Crippen MR) is 105 cm³/mol. The molecule has 0 aromatic heterocycles. The van der Waals surface area contributed by atoms with Crippen LogP contribution < -0.4 is 20.3 Å². The third-order valence-corrected chi connectivity index (χ3v) is 4.62. The summed E-state index contributed by atoms with van der Waals surface area (Å²) in [4.78, 5) is 24.9. The van der Waals surface area contributed by atoms with Gasteiger partial charge in [-0.05, 0) is 41.5 Å². The van der Waals surface area contributed by atoms with Crippen LogP contribution in [-0.2, 0) is 4.79 Å². The Balaban J connectivity index is 1.59. The zero-order valence-electron chi connectivity index (χ0n) is 15.3. The predicted octanol–water partition coefficient (Wildman–Crippen LogP) is 3.30. The molecule has 3 aromatic carbocycles. The molecular weight excluding hydrogens is 372 g/mol. The number of hydrogen-bond acceptors (Lipinski definition) is 5. The van der Waals surface area contributed by atoms with Crippen LogP contribution in [0.15, 0.2) is 72.8 Å². The summed E-state index contributed by atoms with van der Waals surface area (Å²) in [6.45, 7) is 0.135. The standard InChI is InChI=1S/C22H18N2O5/c25-21(16-9-10-18-19(12-16)29-13-28-18)23-17-8-4-7-15(11-17)20(22(26)24-27)14-5-2-1-3-6-14/h1-12,20,27H,13H2,(H,23,25)(H,24,26). The van der Waals surface area contributed by atoms with E-state index < -0.39 is 11.8 Å². The number of ether oxygens (including phenoxy) is 2. The van der Waals surface area contributed by atoms with Crippen LogP contribution >= 0.6 is 0 Å². The summed E-state index contributed by atoms with van der Waals surface area (Å²) in [5.74, 6) is -0.471. The highest BCUT2D eigenvalue weighted by Crippen LogP contribution is 2.33. The SMILES string of the molecule is O=C(Nc1cccc(C(C(=O)NO)c2ccccc2)c1)c1ccc2c(c1)OCO2. The zero-order chi connectivity index (χ0) is 20.2. The van der Waals surface area contributed by atoms with E-state index in [2.05, 4.69) is 5.32 Å². The van der Waals surface area contributed by atoms with E-state index in [1.54, 1.807) is 60.1 Å². The van der Waals surface area contributed by atoms with E-state index in [9.17, 15) is 14.8 Å². The van der Waals surface area contributed by atoms with Gasteiger partial charge in [-0.15, -0.1) is 0 Å². The molecule has 0 spiro atoms. The number of benzene rings is 3. The van der Waals surface area contributed by atoms with E-state index in [0.717, 1.165) is 5.56 Å². The van der Waals surface area contributed by atoms with Crippen LogP contribution in [-0.4, -0.2) is 23.8 Å². The van der Waals surface area contributed by atoms with Crippen LogP contribution in [0, 0.1) is 0 Å². The van der Waals surface area contributed by atoms with Crippen molar-refractivity contribution in [2.45, 2.75) is 5.92 Å². The summed E-state index contributed by atoms with van der Waals surface area (Å²) >= 11 is 0. The summed E-state index contributed by atoms with van der Waals surface area (Å²) in [6, 6.07) is 21.0. The van der Waals surface area contributed by atoms with Crippen molar-refractivity contribution in [1.29, 1.82) is 0 Å². The molecule has 1 aliphatic rings. The van der Waals surface area contributed by atoms with Crippen LogP contribution in [0.1, 0.15) is 27.4 Å². The third kappa shape index (κ3) is 3.90. The fourth-order valence-corrected chi connectivity index (χ4v) is 3.24. The molecule has 4 rings (SSSR count). The molecule has 0 radical (unpaired) electrons. The Morgan fingerprint density at radius 1 is 0.862 bits per heavy atom. The molecule has 1 aliphatic heterocycles. The Labute approximate surface area is 166 Å². The number of amides is 2. The Morgan fingerprint density at radius 2 is 1.62 bits per heavy atom. The lowest BCUT2D eigenvalue weighted by Crippen LogP contribution is -2.27. The molecule has 0 bridgehead atoms. The second-order valence-electron chi connectivity index (χ2n) is 6.47. The monoisotopic (exact) mass is 390 g/mol. The van der Waals surface area contributed by atoms with Gasteiger partial charge in [-0.2, -0.15) is 0 Å². The van der Waals surface area contributed by atoms with Gasteiger partial charge in [-0.1, -0.05) is 42.5 Å². The van der Waals surface area contributed by atoms with Gasteiger partial charge in [0.15, 0.2) is 11.5 Å². The van der Waals surface area contributed by atoms with E-state index in [1.165, 1.54) is 0 Å². The highest BCUT2D eigenvalue weighted by atomic mass is 16.7. The minimum Gasteiger partial charge on any atom is -0.454 e. The van der Waals surface area contributed by atoms with Crippen LogP contribution in [0.2, 0.25) is 0 Å². The Morgan fingerprint density at radius 3 is 2.41 bits per heavy atom. The van der Waals surface area contributed by atoms with Gasteiger partial charge in [0.05, 0.1) is 5.92 Å². The molecule has 29 heavy (non-hydrogen) atoms. The fraction of sp³-hybridized carbons (Fsp3) is 0.0909. The van der Waals surface area contributed by atoms with Crippen molar-refractivity contribution < 1.29 is 24.3 Å². The molecule has 0 fully saturated rings. The average molecular weight is 390 g/mol. The first-order chi connectivity index (χ1) is 14.2. The van der Waals surface area contributed by atoms with E-state index in [4.69, 9.17) is 9.47 Å². The number of carbonyl (C=O) groups excluding carboxylic acids is 2. The van der Waals surface area contributed by atoms with Gasteiger partial charge in [0.1, 0.15) is 0 Å². The zero-order valence-corrected chi connectivity index (χ0v) is 15.3. The van der Waals surface area contributed by atoms with Gasteiger partial charge in [0, 0.05) is 11.3 Å². The van der Waals surface area contributed by atoms with Crippen LogP contribution in [0.5, 0.6) is 11.5 Å². The van der Waals surface area contributed by atoms with Gasteiger partial charge in [-0.25, -0.2) is 5.48 Å². The molecular formula is C22H18N2O5. The molecule has 146 valence electrons. The fourth-order valence-electron chi connectivity index (χ4n) is 3.24. The van der Waals surface area contributed by atoms with Gasteiger partial charge >= 0.3 is 0 Å². The number of hydrogen-bond donors (Lipinski definition) is 3. The van der Waals surface area contributed by atoms with Crippen molar-refractivity contribution in [2.75, 3.05) is 12.1 Å². The summed E-state index contributed by atoms with van der Waals surface area (Å²) in [5.41, 5.74) is 4.02. The van der Waals surface area contributed by atoms with Gasteiger partial charge in [0.25, 0.3) is 11.8 Å². The first-order valence-electron chi connectivity index (χ1n) is 8.95. The normalized spacial score (nSPS) is 12.9. The number of rotatable bonds is 5. The topological polar surface area (TPSA) is 96.9 Å². The van der Waals surface area contributed by atoms with E-state index in [-0.39, 0.29) is 12.7 Å². The van der Waals surface area contributed by atoms with Crippen molar-refractivity contribution in [1.82, 2.24) is 5.48 Å². The van der Waals surface area contributed by atoms with Crippen LogP contribution in [0.25, 0.3) is 0 Å². The summed E-state index contributed by atoms with van der Waals surface area (Å²) in [5, 5.41) is 12.0. The van der Waals surface area contributed by atoms with Gasteiger partial charge in [-0.3, -0.25) is 14.8 Å². The van der Waals surface area contributed by atoms with Gasteiger partial charge in [0.2, 0.25) is 6.79 Å². The first-order valence-corrected chi connectivity index (χ1v) is 8.95. The number of hydroxylamine groups is 1. The molecule has 1 heterocycles. The maximum Gasteiger partial charge on any atom is 0.255 e. The minimum absolute atomic E-state index is 0.135. The lowest BCUT2D eigenvalue weighted by atomic mass is 9.90. The van der Waals surface area contributed by atoms with Crippen molar-refractivity contribution in [2.24, 2.45) is 0 Å². The highest BCUT2D eigenvalue weighted by molar-refractivity contribution is 6.04. The largest absolute Gasteiger partial charge is 0.454 e. The second kappa shape index (κ2) is 8.04. The first kappa shape index (κ1) is 18.5. The molecule has 0 saturated heterocycles. The van der Waals surface area contributed by atoms with Crippen molar-refractivity contribution >= 4 is 17.5 Å². The molecule has 3 N–H and O–H groups in total. The molecule has 0 aliphatic carbocycles. The smallest absolute Gasteiger partial charge is 0.255 e. The third-order valence-electron chi connectivity index (χ3n) is 4.62. The number of anilines is 1. The molecule has 1 atom stereocenters. The molecule has 7 heteroatoms. The van der Waals surface area contributed by atoms with Crippen LogP contribution in [0.4, 0.5) is 5.69 Å². The lowest BCUT2D eigenvalue weighted by Gasteiger charge is -2.17. The molecule has 3 aromatic rings. The Kier molecular flexibility index (Phi) is 5.13. The molecule has 2 amide bonds. The van der Waals surface area contributed by atoms with Crippen molar-refractivity contribution in [3.8, 4) is 11.5 Å². The van der Waals surface area contributed by atoms with E-state index in [1.807, 2.05) is 18.2 Å². The molecule has 1 unspecified atom stereocenters. The average Bonchev–Trinajstić information content (AvgIpc) is 3.23. The minimum atomic E-state index is -0.719. The number of fused-ring (bicyclic) bond motifs is 1. The lowest BCUT2D eigenvalue weighted by molar-refractivity contribution is -0.129. The van der Waals surface area contributed by atoms with E-state index in [0.29, 0.717) is 28.3 Å². The number of carbonyl (C=O) groups is 2. The Bertz CT molecular complexity index is 1050. The van der Waals surface area contributed by atoms with Crippen molar-refractivity contribution in [3.63, 3.8) is 0 Å². The van der Waals surface area contributed by atoms with E-state index >= 15 is 0 Å². The highest BCUT2D eigenvalue weighted by Gasteiger charge is 2.23. The summed E-state index contributed by atoms with van der Waals surface area (Å²) in [7, 11) is 0. The second-order valence-corrected chi connectivity index (χ2v) is 6.47.